The molecular formula is C46H52N8O. The van der Waals surface area contributed by atoms with Crippen molar-refractivity contribution in [2.45, 2.75) is 52.4 Å². The third-order valence-electron chi connectivity index (χ3n) is 10.8. The second kappa shape index (κ2) is 17.6. The van der Waals surface area contributed by atoms with E-state index >= 15 is 0 Å². The van der Waals surface area contributed by atoms with Crippen LogP contribution in [0.5, 0.6) is 0 Å². The highest BCUT2D eigenvalue weighted by atomic mass is 16.2. The largest absolute Gasteiger partial charge is 0.384 e. The summed E-state index contributed by atoms with van der Waals surface area (Å²) in [4.78, 5) is 26.5. The second-order valence-corrected chi connectivity index (χ2v) is 14.6. The number of fused-ring (bicyclic) bond motifs is 1. The van der Waals surface area contributed by atoms with Crippen LogP contribution in [0.3, 0.4) is 0 Å². The molecule has 0 atom stereocenters. The minimum Gasteiger partial charge on any atom is -0.384 e. The van der Waals surface area contributed by atoms with Crippen LogP contribution in [0.4, 0.5) is 5.69 Å². The fourth-order valence-corrected chi connectivity index (χ4v) is 7.63. The standard InChI is InChI=1S/C46H52N8O/c1-34-8-5-6-11-42(34)52-28-26-51(27-29-52)24-7-25-54-43-22-21-40(30-41(43)50-44(54)23-18-35-16-19-39(20-17-35)45(48)49)46(55)53(32-37-9-3-2-4-10-37)33-38-14-12-36(31-47)13-15-38/h2-6,8-17,19-22,30H,7,18,23-29,31-33,47H2,1H3,(H3,48,49). The number of para-hydroxylation sites is 1. The molecule has 0 unspecified atom stereocenters. The molecule has 0 bridgehead atoms. The molecule has 55 heavy (non-hydrogen) atoms. The molecular weight excluding hydrogens is 681 g/mol. The Balaban J connectivity index is 1.10. The van der Waals surface area contributed by atoms with Gasteiger partial charge in [0.05, 0.1) is 11.0 Å². The Kier molecular flexibility index (Phi) is 12.0. The molecule has 7 rings (SSSR count). The van der Waals surface area contributed by atoms with Crippen LogP contribution in [0, 0.1) is 12.3 Å². The number of hydrogen-bond donors (Lipinski definition) is 3. The number of piperazine rings is 1. The van der Waals surface area contributed by atoms with Crippen LogP contribution in [0.1, 0.15) is 56.0 Å². The minimum atomic E-state index is -0.0276. The van der Waals surface area contributed by atoms with Crippen molar-refractivity contribution in [2.24, 2.45) is 11.5 Å². The summed E-state index contributed by atoms with van der Waals surface area (Å²) in [6.45, 7) is 9.68. The maximum atomic E-state index is 14.3. The molecule has 2 heterocycles. The molecule has 1 amide bonds. The van der Waals surface area contributed by atoms with E-state index in [1.54, 1.807) is 0 Å². The topological polar surface area (TPSA) is 120 Å². The molecule has 1 fully saturated rings. The van der Waals surface area contributed by atoms with E-state index in [4.69, 9.17) is 21.9 Å². The van der Waals surface area contributed by atoms with Gasteiger partial charge in [-0.1, -0.05) is 97.1 Å². The molecule has 0 spiro atoms. The van der Waals surface area contributed by atoms with Crippen LogP contribution in [-0.2, 0) is 39.0 Å². The first-order valence-corrected chi connectivity index (χ1v) is 19.4. The third-order valence-corrected chi connectivity index (χ3v) is 10.8. The number of anilines is 1. The van der Waals surface area contributed by atoms with Crippen LogP contribution in [-0.4, -0.2) is 63.8 Å². The van der Waals surface area contributed by atoms with Gasteiger partial charge in [-0.3, -0.25) is 15.1 Å². The van der Waals surface area contributed by atoms with E-state index < -0.39 is 0 Å². The number of nitrogens with two attached hydrogens (primary N) is 2. The number of carbonyl (C=O) groups is 1. The number of imidazole rings is 1. The third kappa shape index (κ3) is 9.31. The average Bonchev–Trinajstić information content (AvgIpc) is 3.57. The zero-order valence-electron chi connectivity index (χ0n) is 31.8. The maximum absolute atomic E-state index is 14.3. The van der Waals surface area contributed by atoms with E-state index in [1.807, 2.05) is 71.6 Å². The van der Waals surface area contributed by atoms with E-state index in [1.165, 1.54) is 16.8 Å². The first-order valence-electron chi connectivity index (χ1n) is 19.4. The van der Waals surface area contributed by atoms with E-state index in [9.17, 15) is 4.79 Å². The summed E-state index contributed by atoms with van der Waals surface area (Å²) in [6.07, 6.45) is 2.57. The van der Waals surface area contributed by atoms with Gasteiger partial charge in [-0.2, -0.15) is 0 Å². The Morgan fingerprint density at radius 3 is 2.05 bits per heavy atom. The molecule has 9 nitrogen and oxygen atoms in total. The predicted octanol–water partition coefficient (Wildman–Crippen LogP) is 6.93. The second-order valence-electron chi connectivity index (χ2n) is 14.6. The number of amidine groups is 1. The fourth-order valence-electron chi connectivity index (χ4n) is 7.63. The molecule has 9 heteroatoms. The predicted molar refractivity (Wildman–Crippen MR) is 223 cm³/mol. The van der Waals surface area contributed by atoms with Gasteiger partial charge in [0.15, 0.2) is 0 Å². The van der Waals surface area contributed by atoms with Gasteiger partial charge in [0.2, 0.25) is 0 Å². The van der Waals surface area contributed by atoms with Crippen molar-refractivity contribution in [3.8, 4) is 0 Å². The van der Waals surface area contributed by atoms with Crippen molar-refractivity contribution < 1.29 is 4.79 Å². The number of nitrogens with one attached hydrogen (secondary N) is 1. The quantitative estimate of drug-likeness (QED) is 0.0779. The highest BCUT2D eigenvalue weighted by molar-refractivity contribution is 5.97. The Morgan fingerprint density at radius 2 is 1.36 bits per heavy atom. The summed E-state index contributed by atoms with van der Waals surface area (Å²) in [6, 6.07) is 40.9. The number of amides is 1. The molecule has 1 saturated heterocycles. The zero-order chi connectivity index (χ0) is 38.1. The van der Waals surface area contributed by atoms with Gasteiger partial charge >= 0.3 is 0 Å². The Bertz CT molecular complexity index is 2200. The fraction of sp³-hybridized carbons (Fsp3) is 0.283. The van der Waals surface area contributed by atoms with E-state index in [2.05, 4.69) is 75.9 Å². The van der Waals surface area contributed by atoms with Gasteiger partial charge in [-0.15, -0.1) is 0 Å². The van der Waals surface area contributed by atoms with Crippen LogP contribution in [0.15, 0.2) is 121 Å². The van der Waals surface area contributed by atoms with Gasteiger partial charge in [-0.25, -0.2) is 4.98 Å². The van der Waals surface area contributed by atoms with Crippen LogP contribution in [0.25, 0.3) is 11.0 Å². The zero-order valence-corrected chi connectivity index (χ0v) is 31.8. The molecule has 1 aromatic heterocycles. The molecule has 0 radical (unpaired) electrons. The number of nitrogens with zero attached hydrogens (tertiary/aromatic N) is 5. The van der Waals surface area contributed by atoms with Crippen molar-refractivity contribution in [3.05, 3.63) is 166 Å². The average molecular weight is 733 g/mol. The Labute approximate surface area is 324 Å². The normalized spacial score (nSPS) is 13.3. The van der Waals surface area contributed by atoms with Gasteiger partial charge in [-0.05, 0) is 78.4 Å². The SMILES string of the molecule is Cc1ccccc1N1CCN(CCCn2c(CCc3ccc(C(=N)N)cc3)nc3cc(C(=O)N(Cc4ccccc4)Cc4ccc(CN)cc4)ccc32)CC1. The summed E-state index contributed by atoms with van der Waals surface area (Å²) >= 11 is 0. The smallest absolute Gasteiger partial charge is 0.254 e. The summed E-state index contributed by atoms with van der Waals surface area (Å²) in [5, 5.41) is 7.76. The van der Waals surface area contributed by atoms with Crippen molar-refractivity contribution in [3.63, 3.8) is 0 Å². The molecule has 1 aliphatic heterocycles. The van der Waals surface area contributed by atoms with Crippen molar-refractivity contribution in [1.82, 2.24) is 19.4 Å². The van der Waals surface area contributed by atoms with Gasteiger partial charge in [0.25, 0.3) is 5.91 Å². The molecule has 282 valence electrons. The Hall–Kier alpha value is -5.77. The van der Waals surface area contributed by atoms with Crippen LogP contribution in [0.2, 0.25) is 0 Å². The van der Waals surface area contributed by atoms with Gasteiger partial charge in [0.1, 0.15) is 11.7 Å². The van der Waals surface area contributed by atoms with Gasteiger partial charge in [0, 0.05) is 75.6 Å². The lowest BCUT2D eigenvalue weighted by molar-refractivity contribution is 0.0730. The number of aryl methyl sites for hydroxylation is 4. The molecule has 5 N–H and O–H groups in total. The lowest BCUT2D eigenvalue weighted by atomic mass is 10.1. The minimum absolute atomic E-state index is 0.0276. The summed E-state index contributed by atoms with van der Waals surface area (Å²) in [5.74, 6) is 1.06. The number of nitrogen functional groups attached to an aromatic ring is 1. The lowest BCUT2D eigenvalue weighted by Crippen LogP contribution is -2.47. The summed E-state index contributed by atoms with van der Waals surface area (Å²) in [5.41, 5.74) is 21.8. The highest BCUT2D eigenvalue weighted by Crippen LogP contribution is 2.24. The number of carbonyl (C=O) groups excluding carboxylic acids is 1. The molecule has 0 saturated carbocycles. The number of benzene rings is 5. The van der Waals surface area contributed by atoms with E-state index in [-0.39, 0.29) is 11.7 Å². The number of aromatic nitrogens is 2. The van der Waals surface area contributed by atoms with Crippen LogP contribution < -0.4 is 16.4 Å². The molecule has 1 aliphatic rings. The summed E-state index contributed by atoms with van der Waals surface area (Å²) in [7, 11) is 0. The van der Waals surface area contributed by atoms with E-state index in [0.29, 0.717) is 25.2 Å². The van der Waals surface area contributed by atoms with Gasteiger partial charge < -0.3 is 25.8 Å². The summed E-state index contributed by atoms with van der Waals surface area (Å²) < 4.78 is 2.36. The van der Waals surface area contributed by atoms with E-state index in [0.717, 1.165) is 97.6 Å². The lowest BCUT2D eigenvalue weighted by Gasteiger charge is -2.36. The molecule has 0 aliphatic carbocycles. The first kappa shape index (κ1) is 37.5. The Morgan fingerprint density at radius 1 is 0.727 bits per heavy atom. The molecule has 5 aromatic carbocycles. The number of rotatable bonds is 15. The van der Waals surface area contributed by atoms with Crippen molar-refractivity contribution in [1.29, 1.82) is 5.41 Å². The van der Waals surface area contributed by atoms with Crippen molar-refractivity contribution >= 4 is 28.5 Å². The highest BCUT2D eigenvalue weighted by Gasteiger charge is 2.21. The molecule has 6 aromatic rings. The maximum Gasteiger partial charge on any atom is 0.254 e. The van der Waals surface area contributed by atoms with Crippen LogP contribution >= 0.6 is 0 Å². The number of hydrogen-bond acceptors (Lipinski definition) is 6. The van der Waals surface area contributed by atoms with Crippen molar-refractivity contribution in [2.75, 3.05) is 37.6 Å². The first-order chi connectivity index (χ1) is 26.8. The monoisotopic (exact) mass is 732 g/mol.